The van der Waals surface area contributed by atoms with Gasteiger partial charge in [0, 0.05) is 12.4 Å². The molecule has 1 aliphatic heterocycles. The number of halogens is 3. The Balaban J connectivity index is 1.81. The lowest BCUT2D eigenvalue weighted by molar-refractivity contribution is -0.143. The Hall–Kier alpha value is -3.29. The van der Waals surface area contributed by atoms with Gasteiger partial charge in [-0.05, 0) is 60.7 Å². The molecule has 33 heavy (non-hydrogen) atoms. The fourth-order valence-corrected chi connectivity index (χ4v) is 4.30. The van der Waals surface area contributed by atoms with Gasteiger partial charge in [0.2, 0.25) is 5.91 Å². The van der Waals surface area contributed by atoms with Crippen molar-refractivity contribution in [3.63, 3.8) is 0 Å². The number of para-hydroxylation sites is 1. The third-order valence-corrected chi connectivity index (χ3v) is 6.54. The lowest BCUT2D eigenvalue weighted by Gasteiger charge is -2.39. The second-order valence-electron chi connectivity index (χ2n) is 7.68. The molecular weight excluding hydrogens is 468 g/mol. The van der Waals surface area contributed by atoms with Crippen molar-refractivity contribution in [1.29, 1.82) is 0 Å². The predicted molar refractivity (Wildman–Crippen MR) is 123 cm³/mol. The summed E-state index contributed by atoms with van der Waals surface area (Å²) in [6.07, 6.45) is 3.46. The zero-order valence-corrected chi connectivity index (χ0v) is 18.7. The number of aromatic nitrogens is 1. The number of rotatable bonds is 6. The monoisotopic (exact) mass is 485 g/mol. The van der Waals surface area contributed by atoms with Crippen molar-refractivity contribution < 1.29 is 18.8 Å². The Morgan fingerprint density at radius 2 is 1.70 bits per heavy atom. The molecule has 6 nitrogen and oxygen atoms in total. The number of urea groups is 1. The minimum Gasteiger partial charge on any atom is -0.276 e. The van der Waals surface area contributed by atoms with Crippen LogP contribution in [0.4, 0.5) is 14.9 Å². The summed E-state index contributed by atoms with van der Waals surface area (Å²) in [6, 6.07) is 12.8. The first kappa shape index (κ1) is 22.9. The maximum Gasteiger partial charge on any atom is 0.335 e. The Labute approximate surface area is 199 Å². The molecule has 0 saturated carbocycles. The maximum absolute atomic E-state index is 14.6. The quantitative estimate of drug-likeness (QED) is 0.499. The van der Waals surface area contributed by atoms with Crippen LogP contribution in [0.2, 0.25) is 10.0 Å². The van der Waals surface area contributed by atoms with E-state index in [1.54, 1.807) is 42.7 Å². The van der Waals surface area contributed by atoms with Crippen LogP contribution in [0.1, 0.15) is 17.5 Å². The number of barbiturate groups is 1. The molecule has 0 unspecified atom stereocenters. The number of amides is 4. The van der Waals surface area contributed by atoms with E-state index in [0.29, 0.717) is 16.9 Å². The standard InChI is InChI=1S/C24H18Cl2FN3O3/c25-17-5-3-4-16(20(17)26)14-24(11-8-15-9-12-28-13-10-15)21(31)29-23(33)30(22(24)32)19-7-2-1-6-18(19)27/h1-7,9-10,12-13H,8,11,14H2,(H,29,31,33)/t24-/m1/s1. The summed E-state index contributed by atoms with van der Waals surface area (Å²) in [5, 5.41) is 2.71. The molecule has 168 valence electrons. The molecule has 9 heteroatoms. The molecule has 4 rings (SSSR count). The number of hydrogen-bond donors (Lipinski definition) is 1. The zero-order chi connectivity index (χ0) is 23.6. The Morgan fingerprint density at radius 1 is 0.970 bits per heavy atom. The summed E-state index contributed by atoms with van der Waals surface area (Å²) in [5.74, 6) is -2.36. The molecule has 0 spiro atoms. The smallest absolute Gasteiger partial charge is 0.276 e. The first-order valence-electron chi connectivity index (χ1n) is 10.1. The van der Waals surface area contributed by atoms with Crippen molar-refractivity contribution in [3.8, 4) is 0 Å². The Bertz CT molecular complexity index is 1240. The van der Waals surface area contributed by atoms with Crippen molar-refractivity contribution in [2.45, 2.75) is 19.3 Å². The number of carbonyl (C=O) groups is 3. The molecule has 3 aromatic rings. The first-order chi connectivity index (χ1) is 15.8. The molecule has 1 N–H and O–H groups in total. The summed E-state index contributed by atoms with van der Waals surface area (Å²) >= 11 is 12.5. The highest BCUT2D eigenvalue weighted by Crippen LogP contribution is 2.39. The van der Waals surface area contributed by atoms with Crippen LogP contribution >= 0.6 is 23.2 Å². The lowest BCUT2D eigenvalue weighted by atomic mass is 9.73. The minimum absolute atomic E-state index is 0.0444. The van der Waals surface area contributed by atoms with Gasteiger partial charge in [0.25, 0.3) is 5.91 Å². The van der Waals surface area contributed by atoms with E-state index >= 15 is 0 Å². The van der Waals surface area contributed by atoms with Gasteiger partial charge in [-0.2, -0.15) is 0 Å². The zero-order valence-electron chi connectivity index (χ0n) is 17.2. The van der Waals surface area contributed by atoms with Gasteiger partial charge < -0.3 is 0 Å². The Kier molecular flexibility index (Phi) is 6.44. The van der Waals surface area contributed by atoms with Crippen LogP contribution in [0.3, 0.4) is 0 Å². The number of carbonyl (C=O) groups excluding carboxylic acids is 3. The molecular formula is C24H18Cl2FN3O3. The number of anilines is 1. The van der Waals surface area contributed by atoms with E-state index in [2.05, 4.69) is 10.3 Å². The molecule has 1 fully saturated rings. The van der Waals surface area contributed by atoms with E-state index in [9.17, 15) is 18.8 Å². The van der Waals surface area contributed by atoms with Crippen LogP contribution in [0.15, 0.2) is 67.0 Å². The Morgan fingerprint density at radius 3 is 2.42 bits per heavy atom. The van der Waals surface area contributed by atoms with Crippen molar-refractivity contribution in [3.05, 3.63) is 94.0 Å². The van der Waals surface area contributed by atoms with Gasteiger partial charge in [-0.15, -0.1) is 0 Å². The van der Waals surface area contributed by atoms with Crippen molar-refractivity contribution >= 4 is 46.7 Å². The van der Waals surface area contributed by atoms with Crippen molar-refractivity contribution in [1.82, 2.24) is 10.3 Å². The number of imide groups is 2. The van der Waals surface area contributed by atoms with Gasteiger partial charge in [-0.25, -0.2) is 14.1 Å². The number of nitrogens with one attached hydrogen (secondary N) is 1. The van der Waals surface area contributed by atoms with Gasteiger partial charge >= 0.3 is 6.03 Å². The molecule has 0 radical (unpaired) electrons. The van der Waals surface area contributed by atoms with Crippen LogP contribution in [0.25, 0.3) is 0 Å². The number of aryl methyl sites for hydroxylation is 1. The van der Waals surface area contributed by atoms with Gasteiger partial charge in [0.15, 0.2) is 0 Å². The molecule has 1 aromatic heterocycles. The van der Waals surface area contributed by atoms with Gasteiger partial charge in [0.1, 0.15) is 11.2 Å². The van der Waals surface area contributed by atoms with E-state index in [4.69, 9.17) is 23.2 Å². The largest absolute Gasteiger partial charge is 0.335 e. The molecule has 1 saturated heterocycles. The van der Waals surface area contributed by atoms with E-state index in [1.807, 2.05) is 0 Å². The van der Waals surface area contributed by atoms with Gasteiger partial charge in [0.05, 0.1) is 15.7 Å². The molecule has 1 atom stereocenters. The summed E-state index contributed by atoms with van der Waals surface area (Å²) in [5.41, 5.74) is -0.659. The molecule has 2 heterocycles. The third-order valence-electron chi connectivity index (χ3n) is 5.68. The van der Waals surface area contributed by atoms with Crippen LogP contribution in [-0.4, -0.2) is 22.8 Å². The predicted octanol–water partition coefficient (Wildman–Crippen LogP) is 4.97. The number of pyridine rings is 1. The first-order valence-corrected chi connectivity index (χ1v) is 10.9. The minimum atomic E-state index is -1.73. The van der Waals surface area contributed by atoms with Crippen LogP contribution in [0, 0.1) is 11.2 Å². The van der Waals surface area contributed by atoms with E-state index in [0.717, 1.165) is 11.6 Å². The van der Waals surface area contributed by atoms with Crippen molar-refractivity contribution in [2.24, 2.45) is 5.41 Å². The maximum atomic E-state index is 14.6. The fraction of sp³-hybridized carbons (Fsp3) is 0.167. The summed E-state index contributed by atoms with van der Waals surface area (Å²) in [4.78, 5) is 44.4. The normalized spacial score (nSPS) is 18.4. The number of hydrogen-bond acceptors (Lipinski definition) is 4. The topological polar surface area (TPSA) is 79.4 Å². The molecule has 4 amide bonds. The summed E-state index contributed by atoms with van der Waals surface area (Å²) in [6.45, 7) is 0. The fourth-order valence-electron chi connectivity index (χ4n) is 3.91. The number of nitrogens with zero attached hydrogens (tertiary/aromatic N) is 2. The number of benzene rings is 2. The van der Waals surface area contributed by atoms with Crippen LogP contribution < -0.4 is 10.2 Å². The molecule has 0 aliphatic carbocycles. The highest BCUT2D eigenvalue weighted by Gasteiger charge is 2.54. The van der Waals surface area contributed by atoms with E-state index < -0.39 is 29.1 Å². The molecule has 0 bridgehead atoms. The third kappa shape index (κ3) is 4.34. The highest BCUT2D eigenvalue weighted by molar-refractivity contribution is 6.42. The summed E-state index contributed by atoms with van der Waals surface area (Å²) < 4.78 is 14.6. The average Bonchev–Trinajstić information content (AvgIpc) is 2.80. The van der Waals surface area contributed by atoms with Crippen LogP contribution in [-0.2, 0) is 22.4 Å². The van der Waals surface area contributed by atoms with Gasteiger partial charge in [-0.1, -0.05) is 47.5 Å². The van der Waals surface area contributed by atoms with Crippen molar-refractivity contribution in [2.75, 3.05) is 4.90 Å². The van der Waals surface area contributed by atoms with E-state index in [1.165, 1.54) is 18.2 Å². The van der Waals surface area contributed by atoms with E-state index in [-0.39, 0.29) is 28.6 Å². The second-order valence-corrected chi connectivity index (χ2v) is 8.46. The van der Waals surface area contributed by atoms with Crippen LogP contribution in [0.5, 0.6) is 0 Å². The SMILES string of the molecule is O=C1NC(=O)[C@@](CCc2ccncc2)(Cc2cccc(Cl)c2Cl)C(=O)N1c1ccccc1F. The summed E-state index contributed by atoms with van der Waals surface area (Å²) in [7, 11) is 0. The average molecular weight is 486 g/mol. The lowest BCUT2D eigenvalue weighted by Crippen LogP contribution is -2.65. The second kappa shape index (κ2) is 9.29. The highest BCUT2D eigenvalue weighted by atomic mass is 35.5. The molecule has 1 aliphatic rings. The molecule has 2 aromatic carbocycles. The van der Waals surface area contributed by atoms with Gasteiger partial charge in [-0.3, -0.25) is 19.9 Å².